The van der Waals surface area contributed by atoms with E-state index in [9.17, 15) is 23.4 Å². The number of nitrogens with one attached hydrogen (secondary N) is 1. The van der Waals surface area contributed by atoms with Gasteiger partial charge in [0, 0.05) is 32.5 Å². The molecule has 1 aromatic heterocycles. The highest BCUT2D eigenvalue weighted by molar-refractivity contribution is 7.94. The van der Waals surface area contributed by atoms with Gasteiger partial charge < -0.3 is 24.4 Å². The van der Waals surface area contributed by atoms with Gasteiger partial charge in [-0.1, -0.05) is 38.5 Å². The molecule has 0 saturated heterocycles. The van der Waals surface area contributed by atoms with Crippen LogP contribution in [0.2, 0.25) is 0 Å². The predicted octanol–water partition coefficient (Wildman–Crippen LogP) is 4.31. The Morgan fingerprint density at radius 1 is 1.14 bits per heavy atom. The number of carbonyl (C=O) groups excluding carboxylic acids is 1. The normalized spacial score (nSPS) is 41.0. The maximum Gasteiger partial charge on any atom is 0.340 e. The second kappa shape index (κ2) is 10.3. The van der Waals surface area contributed by atoms with Crippen LogP contribution in [-0.2, 0) is 24.2 Å². The molecule has 1 heterocycles. The number of rotatable bonds is 9. The van der Waals surface area contributed by atoms with E-state index in [1.54, 1.807) is 49.9 Å². The number of sulfonamides is 1. The molecule has 2 aromatic rings. The Labute approximate surface area is 251 Å². The molecule has 4 saturated carbocycles. The van der Waals surface area contributed by atoms with Crippen molar-refractivity contribution in [2.45, 2.75) is 80.2 Å². The first-order chi connectivity index (χ1) is 19.9. The molecular weight excluding hydrogens is 578 g/mol. The summed E-state index contributed by atoms with van der Waals surface area (Å²) in [5.74, 6) is -1.20. The number of para-hydroxylation sites is 1. The van der Waals surface area contributed by atoms with Crippen molar-refractivity contribution in [2.75, 3.05) is 18.9 Å². The topological polar surface area (TPSA) is 131 Å². The van der Waals surface area contributed by atoms with E-state index < -0.39 is 44.8 Å². The van der Waals surface area contributed by atoms with Crippen LogP contribution < -0.4 is 4.72 Å². The van der Waals surface area contributed by atoms with Crippen molar-refractivity contribution in [1.82, 2.24) is 0 Å². The lowest BCUT2D eigenvalue weighted by Crippen LogP contribution is -2.75. The number of aliphatic hydroxyl groups is 2. The molecule has 4 bridgehead atoms. The van der Waals surface area contributed by atoms with Gasteiger partial charge in [0.1, 0.15) is 21.5 Å². The molecule has 9 nitrogen and oxygen atoms in total. The second-order valence-corrected chi connectivity index (χ2v) is 15.7. The number of methoxy groups -OCH3 is 2. The molecule has 4 aliphatic carbocycles. The Bertz CT molecular complexity index is 1450. The summed E-state index contributed by atoms with van der Waals surface area (Å²) in [5.41, 5.74) is -2.99. The average Bonchev–Trinajstić information content (AvgIpc) is 3.66. The first kappa shape index (κ1) is 30.0. The van der Waals surface area contributed by atoms with Gasteiger partial charge >= 0.3 is 5.97 Å². The summed E-state index contributed by atoms with van der Waals surface area (Å²) in [4.78, 5) is 13.6. The molecule has 11 atom stereocenters. The van der Waals surface area contributed by atoms with Gasteiger partial charge in [-0.3, -0.25) is 4.72 Å². The molecule has 1 aromatic carbocycles. The first-order valence-corrected chi connectivity index (χ1v) is 17.1. The van der Waals surface area contributed by atoms with Crippen molar-refractivity contribution >= 4 is 33.0 Å². The van der Waals surface area contributed by atoms with Crippen LogP contribution >= 0.6 is 11.3 Å². The molecule has 4 fully saturated rings. The van der Waals surface area contributed by atoms with Gasteiger partial charge in [0.2, 0.25) is 0 Å². The van der Waals surface area contributed by atoms with E-state index in [2.05, 4.69) is 18.6 Å². The van der Waals surface area contributed by atoms with Crippen LogP contribution in [-0.4, -0.2) is 68.3 Å². The van der Waals surface area contributed by atoms with Gasteiger partial charge in [-0.25, -0.2) is 13.2 Å². The van der Waals surface area contributed by atoms with Gasteiger partial charge in [0.05, 0.1) is 23.5 Å². The summed E-state index contributed by atoms with van der Waals surface area (Å²) >= 11 is 1.09. The summed E-state index contributed by atoms with van der Waals surface area (Å²) in [7, 11) is -0.606. The largest absolute Gasteiger partial charge is 0.459 e. The molecule has 230 valence electrons. The fourth-order valence-corrected chi connectivity index (χ4v) is 12.0. The summed E-state index contributed by atoms with van der Waals surface area (Å²) in [6, 6.07) is 9.59. The third-order valence-corrected chi connectivity index (χ3v) is 14.3. The third kappa shape index (κ3) is 3.93. The number of esters is 1. The molecule has 42 heavy (non-hydrogen) atoms. The number of hydrogen-bond acceptors (Lipinski definition) is 9. The lowest BCUT2D eigenvalue weighted by Gasteiger charge is -2.62. The monoisotopic (exact) mass is 619 g/mol. The van der Waals surface area contributed by atoms with Crippen LogP contribution in [0, 0.1) is 35.0 Å². The van der Waals surface area contributed by atoms with E-state index in [1.165, 1.54) is 6.07 Å². The Morgan fingerprint density at radius 2 is 1.88 bits per heavy atom. The lowest BCUT2D eigenvalue weighted by molar-refractivity contribution is -0.308. The fraction of sp³-hybridized carbons (Fsp3) is 0.645. The zero-order valence-electron chi connectivity index (χ0n) is 24.6. The zero-order valence-corrected chi connectivity index (χ0v) is 26.3. The van der Waals surface area contributed by atoms with Gasteiger partial charge in [0.15, 0.2) is 0 Å². The standard InChI is InChI=1S/C31H41NO8S2/c1-6-20-22-15-21(29(20,3)25-14-19-24(38-4)16-30(22,34)31(25,35)27(19)39-5)17(2)40-28(33)18-10-7-8-11-23(18)32-42(36,37)26-12-9-13-41-26/h7-13,17,19-22,24-25,27,32,34-35H,6,14-16H2,1-5H3/t17-,19?,20+,21?,22?,24-,25?,27-,29?,30+,31+/m0/s1. The minimum atomic E-state index is -3.86. The van der Waals surface area contributed by atoms with Crippen LogP contribution in [0.3, 0.4) is 0 Å². The number of thiophene rings is 1. The predicted molar refractivity (Wildman–Crippen MR) is 158 cm³/mol. The highest BCUT2D eigenvalue weighted by Crippen LogP contribution is 2.75. The van der Waals surface area contributed by atoms with Gasteiger partial charge in [0.25, 0.3) is 10.0 Å². The molecular formula is C31H41NO8S2. The van der Waals surface area contributed by atoms with Gasteiger partial charge in [-0.2, -0.15) is 0 Å². The van der Waals surface area contributed by atoms with E-state index in [4.69, 9.17) is 14.2 Å². The number of benzene rings is 1. The third-order valence-electron chi connectivity index (χ3n) is 11.5. The van der Waals surface area contributed by atoms with Crippen molar-refractivity contribution < 1.29 is 37.6 Å². The van der Waals surface area contributed by atoms with Crippen LogP contribution in [0.15, 0.2) is 46.0 Å². The molecule has 0 spiro atoms. The Kier molecular flexibility index (Phi) is 7.34. The molecule has 3 N–H and O–H groups in total. The summed E-state index contributed by atoms with van der Waals surface area (Å²) in [6.45, 7) is 6.19. The lowest BCUT2D eigenvalue weighted by atomic mass is 9.48. The minimum absolute atomic E-state index is 0.0503. The molecule has 0 aliphatic heterocycles. The smallest absolute Gasteiger partial charge is 0.340 e. The molecule has 0 amide bonds. The van der Waals surface area contributed by atoms with Gasteiger partial charge in [-0.05, 0) is 66.5 Å². The first-order valence-electron chi connectivity index (χ1n) is 14.7. The highest BCUT2D eigenvalue weighted by Gasteiger charge is 2.82. The second-order valence-electron chi connectivity index (χ2n) is 12.9. The van der Waals surface area contributed by atoms with E-state index in [1.807, 2.05) is 6.92 Å². The number of ether oxygens (including phenoxy) is 3. The van der Waals surface area contributed by atoms with Gasteiger partial charge in [-0.15, -0.1) is 11.3 Å². The van der Waals surface area contributed by atoms with Crippen LogP contribution in [0.1, 0.15) is 56.8 Å². The average molecular weight is 620 g/mol. The zero-order chi connectivity index (χ0) is 30.2. The van der Waals surface area contributed by atoms with E-state index in [-0.39, 0.29) is 51.2 Å². The van der Waals surface area contributed by atoms with Crippen LogP contribution in [0.25, 0.3) is 0 Å². The maximum absolute atomic E-state index is 13.6. The molecule has 5 unspecified atom stereocenters. The molecule has 4 aliphatic rings. The molecule has 0 radical (unpaired) electrons. The van der Waals surface area contributed by atoms with Crippen molar-refractivity contribution in [2.24, 2.45) is 35.0 Å². The minimum Gasteiger partial charge on any atom is -0.459 e. The number of carbonyl (C=O) groups is 1. The van der Waals surface area contributed by atoms with Crippen LogP contribution in [0.5, 0.6) is 0 Å². The SMILES string of the molecule is CC[C@@H]1C2CC([C@H](C)OC(=O)c3ccccc3NS(=O)(=O)c3cccs3)C1(C)C1CC3[C@@H](OC)C[C@]2(O)[C@]1(O)[C@H]3OC. The highest BCUT2D eigenvalue weighted by atomic mass is 32.2. The number of fused-ring (bicyclic) bond motifs is 5. The summed E-state index contributed by atoms with van der Waals surface area (Å²) in [6.07, 6.45) is 1.09. The Morgan fingerprint density at radius 3 is 2.52 bits per heavy atom. The quantitative estimate of drug-likeness (QED) is 0.354. The van der Waals surface area contributed by atoms with Crippen molar-refractivity contribution in [3.05, 3.63) is 47.3 Å². The van der Waals surface area contributed by atoms with Crippen molar-refractivity contribution in [1.29, 1.82) is 0 Å². The van der Waals surface area contributed by atoms with Crippen molar-refractivity contribution in [3.63, 3.8) is 0 Å². The Balaban J connectivity index is 1.31. The maximum atomic E-state index is 13.6. The van der Waals surface area contributed by atoms with Crippen molar-refractivity contribution in [3.8, 4) is 0 Å². The molecule has 6 rings (SSSR count). The summed E-state index contributed by atoms with van der Waals surface area (Å²) in [5, 5.41) is 26.6. The molecule has 11 heteroatoms. The Hall–Kier alpha value is -2.02. The number of hydrogen-bond donors (Lipinski definition) is 3. The van der Waals surface area contributed by atoms with E-state index in [0.717, 1.165) is 17.8 Å². The fourth-order valence-electron chi connectivity index (χ4n) is 9.95. The summed E-state index contributed by atoms with van der Waals surface area (Å²) < 4.78 is 46.4. The van der Waals surface area contributed by atoms with Crippen LogP contribution in [0.4, 0.5) is 5.69 Å². The van der Waals surface area contributed by atoms with E-state index >= 15 is 0 Å². The van der Waals surface area contributed by atoms with E-state index in [0.29, 0.717) is 19.3 Å². The number of anilines is 1.